The third-order valence-corrected chi connectivity index (χ3v) is 5.53. The highest BCUT2D eigenvalue weighted by molar-refractivity contribution is 8.18. The van der Waals surface area contributed by atoms with Gasteiger partial charge in [-0.05, 0) is 61.4 Å². The van der Waals surface area contributed by atoms with Gasteiger partial charge in [-0.2, -0.15) is 0 Å². The van der Waals surface area contributed by atoms with Gasteiger partial charge in [0, 0.05) is 12.6 Å². The molecule has 1 fully saturated rings. The summed E-state index contributed by atoms with van der Waals surface area (Å²) in [4.78, 5) is 25.5. The molecule has 0 unspecified atom stereocenters. The number of allylic oxidation sites excluding steroid dienone is 1. The monoisotopic (exact) mass is 423 g/mol. The molecule has 3 rings (SSSR count). The van der Waals surface area contributed by atoms with Crippen molar-refractivity contribution in [1.29, 1.82) is 0 Å². The van der Waals surface area contributed by atoms with Gasteiger partial charge in [0.05, 0.1) is 11.5 Å². The summed E-state index contributed by atoms with van der Waals surface area (Å²) in [6, 6.07) is 11.9. The minimum atomic E-state index is -0.298. The van der Waals surface area contributed by atoms with Crippen molar-refractivity contribution in [2.75, 3.05) is 13.7 Å². The van der Waals surface area contributed by atoms with E-state index in [0.717, 1.165) is 33.4 Å². The van der Waals surface area contributed by atoms with Crippen LogP contribution in [-0.4, -0.2) is 29.7 Å². The molecule has 0 aliphatic carbocycles. The number of carbonyl (C=O) groups excluding carboxylic acids is 2. The van der Waals surface area contributed by atoms with Crippen LogP contribution < -0.4 is 9.47 Å². The van der Waals surface area contributed by atoms with E-state index in [9.17, 15) is 9.59 Å². The topological polar surface area (TPSA) is 55.8 Å². The first kappa shape index (κ1) is 21.7. The zero-order valence-electron chi connectivity index (χ0n) is 17.4. The molecular formula is C24H25NO4S. The van der Waals surface area contributed by atoms with Crippen LogP contribution in [0.25, 0.3) is 6.08 Å². The minimum Gasteiger partial charge on any atom is -0.490 e. The van der Waals surface area contributed by atoms with Crippen molar-refractivity contribution < 1.29 is 19.1 Å². The zero-order chi connectivity index (χ0) is 21.7. The molecule has 5 nitrogen and oxygen atoms in total. The average molecular weight is 424 g/mol. The van der Waals surface area contributed by atoms with Crippen LogP contribution in [-0.2, 0) is 17.8 Å². The molecule has 30 heavy (non-hydrogen) atoms. The molecule has 1 aliphatic heterocycles. The predicted molar refractivity (Wildman–Crippen MR) is 121 cm³/mol. The van der Waals surface area contributed by atoms with Gasteiger partial charge in [-0.25, -0.2) is 0 Å². The van der Waals surface area contributed by atoms with Crippen molar-refractivity contribution in [3.63, 3.8) is 0 Å². The predicted octanol–water partition coefficient (Wildman–Crippen LogP) is 5.37. The number of aryl methyl sites for hydroxylation is 1. The number of hydrogen-bond donors (Lipinski definition) is 0. The highest BCUT2D eigenvalue weighted by atomic mass is 32.2. The van der Waals surface area contributed by atoms with Gasteiger partial charge in [-0.1, -0.05) is 35.9 Å². The summed E-state index contributed by atoms with van der Waals surface area (Å²) in [5.41, 5.74) is 3.93. The van der Waals surface area contributed by atoms with E-state index >= 15 is 0 Å². The number of carbonyl (C=O) groups is 2. The first-order chi connectivity index (χ1) is 14.4. The van der Waals surface area contributed by atoms with Crippen LogP contribution in [0.1, 0.15) is 29.2 Å². The minimum absolute atomic E-state index is 0.277. The van der Waals surface area contributed by atoms with E-state index in [4.69, 9.17) is 9.47 Å². The summed E-state index contributed by atoms with van der Waals surface area (Å²) in [7, 11) is 1.48. The van der Waals surface area contributed by atoms with Gasteiger partial charge in [0.25, 0.3) is 11.1 Å². The zero-order valence-corrected chi connectivity index (χ0v) is 18.3. The summed E-state index contributed by atoms with van der Waals surface area (Å²) in [5, 5.41) is -0.277. The van der Waals surface area contributed by atoms with Crippen molar-refractivity contribution in [2.45, 2.75) is 26.9 Å². The van der Waals surface area contributed by atoms with Crippen molar-refractivity contribution in [3.8, 4) is 11.5 Å². The lowest BCUT2D eigenvalue weighted by molar-refractivity contribution is -0.121. The molecule has 156 valence electrons. The first-order valence-electron chi connectivity index (χ1n) is 9.73. The van der Waals surface area contributed by atoms with Gasteiger partial charge in [-0.15, -0.1) is 6.58 Å². The van der Waals surface area contributed by atoms with Crippen LogP contribution >= 0.6 is 11.8 Å². The van der Waals surface area contributed by atoms with E-state index in [1.165, 1.54) is 12.6 Å². The summed E-state index contributed by atoms with van der Waals surface area (Å²) in [6.07, 6.45) is 4.10. The number of amides is 2. The molecule has 0 atom stereocenters. The SMILES string of the molecule is C=CCc1cc(/C=C2\SC(=O)N(C)C2=O)cc(OCC)c1OCc1cccc(C)c1. The maximum atomic E-state index is 12.2. The molecule has 0 saturated carbocycles. The lowest BCUT2D eigenvalue weighted by atomic mass is 10.0. The molecule has 0 radical (unpaired) electrons. The fraction of sp³-hybridized carbons (Fsp3) is 0.250. The molecule has 2 aromatic carbocycles. The lowest BCUT2D eigenvalue weighted by Crippen LogP contribution is -2.22. The van der Waals surface area contributed by atoms with E-state index in [1.807, 2.05) is 44.2 Å². The van der Waals surface area contributed by atoms with Crippen molar-refractivity contribution >= 4 is 29.0 Å². The van der Waals surface area contributed by atoms with E-state index in [0.29, 0.717) is 36.0 Å². The maximum Gasteiger partial charge on any atom is 0.293 e. The molecule has 6 heteroatoms. The Bertz CT molecular complexity index is 1010. The summed E-state index contributed by atoms with van der Waals surface area (Å²) >= 11 is 0.934. The van der Waals surface area contributed by atoms with Crippen LogP contribution in [0.5, 0.6) is 11.5 Å². The van der Waals surface area contributed by atoms with Gasteiger partial charge in [-0.3, -0.25) is 14.5 Å². The van der Waals surface area contributed by atoms with E-state index in [-0.39, 0.29) is 11.1 Å². The van der Waals surface area contributed by atoms with Gasteiger partial charge < -0.3 is 9.47 Å². The Morgan fingerprint density at radius 3 is 2.60 bits per heavy atom. The van der Waals surface area contributed by atoms with Gasteiger partial charge in [0.2, 0.25) is 0 Å². The Kier molecular flexibility index (Phi) is 7.00. The average Bonchev–Trinajstić information content (AvgIpc) is 2.94. The fourth-order valence-corrected chi connectivity index (χ4v) is 3.98. The number of hydrogen-bond acceptors (Lipinski definition) is 5. The second-order valence-corrected chi connectivity index (χ2v) is 7.94. The summed E-state index contributed by atoms with van der Waals surface area (Å²) < 4.78 is 12.0. The molecule has 1 heterocycles. The normalized spacial score (nSPS) is 15.0. The molecule has 2 amide bonds. The molecule has 0 spiro atoms. The quantitative estimate of drug-likeness (QED) is 0.422. The molecule has 2 aromatic rings. The highest BCUT2D eigenvalue weighted by Crippen LogP contribution is 2.37. The Labute approximate surface area is 181 Å². The number of likely N-dealkylation sites (N-methyl/N-ethyl adjacent to an activating group) is 1. The maximum absolute atomic E-state index is 12.2. The Morgan fingerprint density at radius 1 is 1.17 bits per heavy atom. The molecule has 1 saturated heterocycles. The number of ether oxygens (including phenoxy) is 2. The summed E-state index contributed by atoms with van der Waals surface area (Å²) in [5.74, 6) is 0.971. The molecular weight excluding hydrogens is 398 g/mol. The Balaban J connectivity index is 1.96. The van der Waals surface area contributed by atoms with Crippen LogP contribution in [0.15, 0.2) is 54.0 Å². The van der Waals surface area contributed by atoms with Crippen molar-refractivity contribution in [1.82, 2.24) is 4.90 Å². The largest absolute Gasteiger partial charge is 0.490 e. The highest BCUT2D eigenvalue weighted by Gasteiger charge is 2.31. The van der Waals surface area contributed by atoms with Crippen LogP contribution in [0, 0.1) is 6.92 Å². The second kappa shape index (κ2) is 9.67. The second-order valence-electron chi connectivity index (χ2n) is 6.95. The third-order valence-electron chi connectivity index (χ3n) is 4.57. The first-order valence-corrected chi connectivity index (χ1v) is 10.5. The molecule has 0 N–H and O–H groups in total. The van der Waals surface area contributed by atoms with Gasteiger partial charge in [0.15, 0.2) is 11.5 Å². The number of thioether (sulfide) groups is 1. The van der Waals surface area contributed by atoms with Crippen LogP contribution in [0.4, 0.5) is 4.79 Å². The van der Waals surface area contributed by atoms with Crippen molar-refractivity contribution in [2.24, 2.45) is 0 Å². The smallest absolute Gasteiger partial charge is 0.293 e. The van der Waals surface area contributed by atoms with Crippen LogP contribution in [0.2, 0.25) is 0 Å². The number of imide groups is 1. The van der Waals surface area contributed by atoms with E-state index in [1.54, 1.807) is 12.2 Å². The standard InChI is InChI=1S/C24H25NO4S/c1-5-8-19-12-18(14-21-23(26)25(4)24(27)30-21)13-20(28-6-2)22(19)29-15-17-10-7-9-16(3)11-17/h5,7,9-14H,1,6,8,15H2,2-4H3/b21-14-. The molecule has 0 aromatic heterocycles. The Hall–Kier alpha value is -2.99. The van der Waals surface area contributed by atoms with Gasteiger partial charge >= 0.3 is 0 Å². The van der Waals surface area contributed by atoms with Crippen molar-refractivity contribution in [3.05, 3.63) is 76.2 Å². The number of benzene rings is 2. The molecule has 0 bridgehead atoms. The fourth-order valence-electron chi connectivity index (χ4n) is 3.15. The van der Waals surface area contributed by atoms with E-state index in [2.05, 4.69) is 12.6 Å². The molecule has 1 aliphatic rings. The van der Waals surface area contributed by atoms with Gasteiger partial charge in [0.1, 0.15) is 6.61 Å². The van der Waals surface area contributed by atoms with Crippen LogP contribution in [0.3, 0.4) is 0 Å². The number of nitrogens with zero attached hydrogens (tertiary/aromatic N) is 1. The Morgan fingerprint density at radius 2 is 1.97 bits per heavy atom. The van der Waals surface area contributed by atoms with E-state index < -0.39 is 0 Å². The lowest BCUT2D eigenvalue weighted by Gasteiger charge is -2.17. The third kappa shape index (κ3) is 4.94. The summed E-state index contributed by atoms with van der Waals surface area (Å²) in [6.45, 7) is 8.69. The number of rotatable bonds is 8.